The van der Waals surface area contributed by atoms with E-state index in [0.717, 1.165) is 12.8 Å². The Bertz CT molecular complexity index is 633. The number of rotatable bonds is 6. The zero-order chi connectivity index (χ0) is 17.0. The lowest BCUT2D eigenvalue weighted by molar-refractivity contribution is 0.0999. The molecular formula is C14H16ClN3O5. The summed E-state index contributed by atoms with van der Waals surface area (Å²) in [6.45, 7) is -0.231. The highest BCUT2D eigenvalue weighted by molar-refractivity contribution is 6.33. The van der Waals surface area contributed by atoms with Crippen LogP contribution >= 0.6 is 11.6 Å². The first-order valence-corrected chi connectivity index (χ1v) is 7.26. The molecule has 0 saturated heterocycles. The molecule has 8 nitrogen and oxygen atoms in total. The molecule has 1 aliphatic carbocycles. The van der Waals surface area contributed by atoms with Gasteiger partial charge in [-0.3, -0.25) is 4.79 Å². The second-order valence-corrected chi connectivity index (χ2v) is 5.53. The lowest BCUT2D eigenvalue weighted by Gasteiger charge is -2.18. The molecule has 1 aliphatic rings. The fraction of sp³-hybridized carbons (Fsp3) is 0.357. The first-order valence-electron chi connectivity index (χ1n) is 6.89. The Morgan fingerprint density at radius 2 is 2.09 bits per heavy atom. The van der Waals surface area contributed by atoms with Crippen molar-refractivity contribution in [2.45, 2.75) is 24.9 Å². The van der Waals surface area contributed by atoms with E-state index in [1.54, 1.807) is 0 Å². The topological polar surface area (TPSA) is 131 Å². The third-order valence-corrected chi connectivity index (χ3v) is 3.57. The number of carbonyl (C=O) groups excluding carboxylic acids is 2. The minimum Gasteiger partial charge on any atom is -0.465 e. The number of hydrogen-bond donors (Lipinski definition) is 4. The normalized spacial score (nSPS) is 14.7. The Morgan fingerprint density at radius 3 is 2.65 bits per heavy atom. The molecule has 9 heteroatoms. The maximum atomic E-state index is 11.5. The number of alkyl carbamates (subject to hydrolysis) is 1. The van der Waals surface area contributed by atoms with Gasteiger partial charge >= 0.3 is 12.2 Å². The number of ether oxygens (including phenoxy) is 1. The summed E-state index contributed by atoms with van der Waals surface area (Å²) < 4.78 is 5.02. The summed E-state index contributed by atoms with van der Waals surface area (Å²) in [7, 11) is 0. The largest absolute Gasteiger partial charge is 0.465 e. The zero-order valence-corrected chi connectivity index (χ0v) is 12.8. The van der Waals surface area contributed by atoms with E-state index in [9.17, 15) is 14.4 Å². The number of primary amides is 1. The van der Waals surface area contributed by atoms with Gasteiger partial charge in [0.25, 0.3) is 0 Å². The summed E-state index contributed by atoms with van der Waals surface area (Å²) in [4.78, 5) is 33.8. The van der Waals surface area contributed by atoms with E-state index in [2.05, 4.69) is 10.6 Å². The highest BCUT2D eigenvalue weighted by atomic mass is 35.5. The van der Waals surface area contributed by atoms with Crippen molar-refractivity contribution in [2.75, 3.05) is 6.61 Å². The molecule has 23 heavy (non-hydrogen) atoms. The maximum Gasteiger partial charge on any atom is 0.407 e. The van der Waals surface area contributed by atoms with Gasteiger partial charge in [0, 0.05) is 6.04 Å². The second-order valence-electron chi connectivity index (χ2n) is 5.12. The number of benzene rings is 1. The van der Waals surface area contributed by atoms with Gasteiger partial charge in [-0.05, 0) is 30.5 Å². The predicted molar refractivity (Wildman–Crippen MR) is 81.4 cm³/mol. The van der Waals surface area contributed by atoms with Crippen molar-refractivity contribution in [3.05, 3.63) is 34.3 Å². The molecule has 0 bridgehead atoms. The molecule has 124 valence electrons. The van der Waals surface area contributed by atoms with E-state index >= 15 is 0 Å². The van der Waals surface area contributed by atoms with Gasteiger partial charge in [-0.2, -0.15) is 0 Å². The van der Waals surface area contributed by atoms with Gasteiger partial charge in [0.1, 0.15) is 6.61 Å². The molecule has 0 unspecified atom stereocenters. The Hall–Kier alpha value is -2.48. The average molecular weight is 342 g/mol. The van der Waals surface area contributed by atoms with Crippen LogP contribution in [0.5, 0.6) is 0 Å². The molecule has 1 fully saturated rings. The molecule has 1 saturated carbocycles. The van der Waals surface area contributed by atoms with Crippen LogP contribution in [0.4, 0.5) is 9.59 Å². The molecular weight excluding hydrogens is 326 g/mol. The third-order valence-electron chi connectivity index (χ3n) is 3.24. The standard InChI is InChI=1S/C14H16ClN3O5/c15-10-4-1-7(5-9(10)12(16)19)11(18-13(20)21)6-23-14(22)17-8-2-3-8/h1,4-5,8,11,18H,2-3,6H2,(H2,16,19)(H,17,22)(H,20,21)/t11-/m1/s1. The van der Waals surface area contributed by atoms with Crippen molar-refractivity contribution in [1.29, 1.82) is 0 Å². The van der Waals surface area contributed by atoms with Gasteiger partial charge in [-0.15, -0.1) is 0 Å². The lowest BCUT2D eigenvalue weighted by Crippen LogP contribution is -2.34. The monoisotopic (exact) mass is 341 g/mol. The fourth-order valence-electron chi connectivity index (χ4n) is 1.91. The van der Waals surface area contributed by atoms with Gasteiger partial charge in [-0.1, -0.05) is 17.7 Å². The van der Waals surface area contributed by atoms with E-state index in [1.165, 1.54) is 18.2 Å². The Balaban J connectivity index is 2.10. The summed E-state index contributed by atoms with van der Waals surface area (Å²) >= 11 is 5.86. The van der Waals surface area contributed by atoms with Crippen molar-refractivity contribution in [3.63, 3.8) is 0 Å². The van der Waals surface area contributed by atoms with Crippen LogP contribution in [0.25, 0.3) is 0 Å². The zero-order valence-electron chi connectivity index (χ0n) is 12.0. The first-order chi connectivity index (χ1) is 10.9. The summed E-state index contributed by atoms with van der Waals surface area (Å²) in [6, 6.07) is 3.60. The molecule has 1 atom stereocenters. The van der Waals surface area contributed by atoms with Crippen molar-refractivity contribution in [1.82, 2.24) is 10.6 Å². The number of nitrogens with one attached hydrogen (secondary N) is 2. The van der Waals surface area contributed by atoms with E-state index < -0.39 is 24.1 Å². The first kappa shape index (κ1) is 16.9. The van der Waals surface area contributed by atoms with Crippen LogP contribution in [0.2, 0.25) is 5.02 Å². The maximum absolute atomic E-state index is 11.5. The molecule has 2 rings (SSSR count). The quantitative estimate of drug-likeness (QED) is 0.624. The van der Waals surface area contributed by atoms with Crippen molar-refractivity contribution in [3.8, 4) is 0 Å². The molecule has 1 aromatic carbocycles. The summed E-state index contributed by atoms with van der Waals surface area (Å²) in [5.41, 5.74) is 5.68. The number of carboxylic acid groups (broad SMARTS) is 1. The molecule has 0 aromatic heterocycles. The highest BCUT2D eigenvalue weighted by Gasteiger charge is 2.25. The van der Waals surface area contributed by atoms with Gasteiger partial charge in [0.05, 0.1) is 16.6 Å². The van der Waals surface area contributed by atoms with E-state index in [0.29, 0.717) is 5.56 Å². The highest BCUT2D eigenvalue weighted by Crippen LogP contribution is 2.22. The van der Waals surface area contributed by atoms with Gasteiger partial charge in [-0.25, -0.2) is 9.59 Å². The molecule has 0 radical (unpaired) electrons. The fourth-order valence-corrected chi connectivity index (χ4v) is 2.12. The summed E-state index contributed by atoms with van der Waals surface area (Å²) in [6.07, 6.45) is -0.0959. The van der Waals surface area contributed by atoms with Crippen LogP contribution in [-0.4, -0.2) is 35.8 Å². The van der Waals surface area contributed by atoms with Crippen molar-refractivity contribution < 1.29 is 24.2 Å². The number of halogens is 1. The van der Waals surface area contributed by atoms with Gasteiger partial charge in [0.15, 0.2) is 0 Å². The Morgan fingerprint density at radius 1 is 1.39 bits per heavy atom. The van der Waals surface area contributed by atoms with Crippen LogP contribution in [0, 0.1) is 0 Å². The van der Waals surface area contributed by atoms with E-state index in [-0.39, 0.29) is 23.2 Å². The smallest absolute Gasteiger partial charge is 0.407 e. The average Bonchev–Trinajstić information content (AvgIpc) is 3.27. The van der Waals surface area contributed by atoms with Crippen LogP contribution < -0.4 is 16.4 Å². The SMILES string of the molecule is NC(=O)c1cc([C@@H](COC(=O)NC2CC2)NC(=O)O)ccc1Cl. The van der Waals surface area contributed by atoms with E-state index in [4.69, 9.17) is 27.2 Å². The van der Waals surface area contributed by atoms with E-state index in [1.807, 2.05) is 0 Å². The molecule has 1 aromatic rings. The van der Waals surface area contributed by atoms with Crippen molar-refractivity contribution in [2.24, 2.45) is 5.73 Å². The summed E-state index contributed by atoms with van der Waals surface area (Å²) in [5.74, 6) is -0.738. The molecule has 0 spiro atoms. The molecule has 0 aliphatic heterocycles. The molecule has 0 heterocycles. The van der Waals surface area contributed by atoms with Crippen LogP contribution in [0.15, 0.2) is 18.2 Å². The second kappa shape index (κ2) is 7.19. The summed E-state index contributed by atoms with van der Waals surface area (Å²) in [5, 5.41) is 13.9. The predicted octanol–water partition coefficient (Wildman–Crippen LogP) is 1.64. The minimum absolute atomic E-state index is 0.0591. The molecule has 3 amide bonds. The van der Waals surface area contributed by atoms with Gasteiger partial charge < -0.3 is 26.2 Å². The number of carbonyl (C=O) groups is 3. The number of amides is 3. The minimum atomic E-state index is -1.29. The van der Waals surface area contributed by atoms with Crippen molar-refractivity contribution >= 4 is 29.7 Å². The van der Waals surface area contributed by atoms with Crippen LogP contribution in [0.1, 0.15) is 34.8 Å². The number of nitrogens with two attached hydrogens (primary N) is 1. The van der Waals surface area contributed by atoms with Gasteiger partial charge in [0.2, 0.25) is 5.91 Å². The van der Waals surface area contributed by atoms with Crippen LogP contribution in [-0.2, 0) is 4.74 Å². The Labute approximate surface area is 136 Å². The third kappa shape index (κ3) is 5.03. The van der Waals surface area contributed by atoms with Crippen LogP contribution in [0.3, 0.4) is 0 Å². The Kier molecular flexibility index (Phi) is 5.28. The molecule has 5 N–H and O–H groups in total. The number of hydrogen-bond acceptors (Lipinski definition) is 4. The lowest BCUT2D eigenvalue weighted by atomic mass is 10.0.